The molecule has 1 heterocycles. The second-order valence-corrected chi connectivity index (χ2v) is 5.65. The highest BCUT2D eigenvalue weighted by molar-refractivity contribution is 5.27. The average molecular weight is 305 g/mol. The molecule has 0 unspecified atom stereocenters. The maximum absolute atomic E-state index is 11.1. The number of nitrogens with zero attached hydrogens (tertiary/aromatic N) is 1. The molecule has 120 valence electrons. The SMILES string of the molecule is C=C(C)/C=C(\C=C/C)COC[C@H]1C[C@@]1(NC)c1noc(=O)[nH]1. The minimum absolute atomic E-state index is 0.259. The number of aromatic amines is 1. The van der Waals surface area contributed by atoms with Crippen LogP contribution in [0.15, 0.2) is 45.3 Å². The lowest BCUT2D eigenvalue weighted by Gasteiger charge is -2.13. The molecular formula is C16H23N3O3. The van der Waals surface area contributed by atoms with Crippen LogP contribution in [0.25, 0.3) is 0 Å². The van der Waals surface area contributed by atoms with Gasteiger partial charge in [-0.15, -0.1) is 0 Å². The van der Waals surface area contributed by atoms with Crippen LogP contribution in [0.2, 0.25) is 0 Å². The van der Waals surface area contributed by atoms with Crippen LogP contribution in [0.1, 0.15) is 26.1 Å². The number of hydrogen-bond acceptors (Lipinski definition) is 5. The molecule has 0 radical (unpaired) electrons. The van der Waals surface area contributed by atoms with Gasteiger partial charge < -0.3 is 10.1 Å². The molecule has 2 atom stereocenters. The number of hydrogen-bond donors (Lipinski definition) is 2. The average Bonchev–Trinajstić information content (AvgIpc) is 3.01. The second-order valence-electron chi connectivity index (χ2n) is 5.65. The summed E-state index contributed by atoms with van der Waals surface area (Å²) in [5.74, 6) is 0.269. The van der Waals surface area contributed by atoms with Gasteiger partial charge in [0, 0.05) is 5.92 Å². The van der Waals surface area contributed by atoms with Gasteiger partial charge in [0.05, 0.1) is 18.8 Å². The third kappa shape index (κ3) is 3.64. The number of nitrogens with one attached hydrogen (secondary N) is 2. The van der Waals surface area contributed by atoms with Crippen LogP contribution in [-0.4, -0.2) is 30.4 Å². The summed E-state index contributed by atoms with van der Waals surface area (Å²) in [5, 5.41) is 7.00. The first-order valence-corrected chi connectivity index (χ1v) is 7.33. The third-order valence-corrected chi connectivity index (χ3v) is 3.81. The minimum atomic E-state index is -0.532. The molecule has 0 saturated heterocycles. The van der Waals surface area contributed by atoms with Crippen molar-refractivity contribution in [3.05, 3.63) is 52.3 Å². The molecule has 22 heavy (non-hydrogen) atoms. The molecule has 1 aromatic rings. The van der Waals surface area contributed by atoms with Crippen LogP contribution in [0, 0.1) is 5.92 Å². The molecule has 0 aliphatic heterocycles. The van der Waals surface area contributed by atoms with Gasteiger partial charge in [0.2, 0.25) is 0 Å². The second kappa shape index (κ2) is 6.89. The van der Waals surface area contributed by atoms with Gasteiger partial charge in [0.25, 0.3) is 0 Å². The van der Waals surface area contributed by atoms with E-state index in [4.69, 9.17) is 4.74 Å². The topological polar surface area (TPSA) is 80.2 Å². The third-order valence-electron chi connectivity index (χ3n) is 3.81. The molecule has 2 N–H and O–H groups in total. The zero-order chi connectivity index (χ0) is 16.2. The molecule has 1 aliphatic rings. The van der Waals surface area contributed by atoms with Gasteiger partial charge in [-0.05, 0) is 32.9 Å². The smallest absolute Gasteiger partial charge is 0.376 e. The largest absolute Gasteiger partial charge is 0.438 e. The molecule has 1 saturated carbocycles. The summed E-state index contributed by atoms with van der Waals surface area (Å²) < 4.78 is 10.4. The zero-order valence-corrected chi connectivity index (χ0v) is 13.3. The Balaban J connectivity index is 1.91. The van der Waals surface area contributed by atoms with Crippen molar-refractivity contribution in [2.24, 2.45) is 5.92 Å². The van der Waals surface area contributed by atoms with E-state index in [2.05, 4.69) is 26.6 Å². The minimum Gasteiger partial charge on any atom is -0.376 e. The standard InChI is InChI=1S/C16H23N3O3/c1-5-6-12(7-11(2)3)9-21-10-13-8-16(13,17-4)14-18-15(20)22-19-14/h5-7,13,17H,2,8-10H2,1,3-4H3,(H,18,19,20)/b6-5-,12-7+/t13-,16+/m1/s1. The van der Waals surface area contributed by atoms with E-state index in [0.29, 0.717) is 19.0 Å². The van der Waals surface area contributed by atoms with Gasteiger partial charge in [0.1, 0.15) is 0 Å². The molecule has 0 bridgehead atoms. The maximum atomic E-state index is 11.1. The quantitative estimate of drug-likeness (QED) is 0.717. The van der Waals surface area contributed by atoms with Crippen molar-refractivity contribution in [1.82, 2.24) is 15.5 Å². The first-order chi connectivity index (χ1) is 10.5. The van der Waals surface area contributed by atoms with Crippen molar-refractivity contribution >= 4 is 0 Å². The highest BCUT2D eigenvalue weighted by atomic mass is 16.5. The van der Waals surface area contributed by atoms with Crippen LogP contribution in [0.5, 0.6) is 0 Å². The van der Waals surface area contributed by atoms with Gasteiger partial charge in [0.15, 0.2) is 5.82 Å². The van der Waals surface area contributed by atoms with Crippen molar-refractivity contribution in [3.63, 3.8) is 0 Å². The Morgan fingerprint density at radius 2 is 2.45 bits per heavy atom. The maximum Gasteiger partial charge on any atom is 0.438 e. The van der Waals surface area contributed by atoms with Gasteiger partial charge in [-0.1, -0.05) is 35.5 Å². The van der Waals surface area contributed by atoms with E-state index in [1.54, 1.807) is 0 Å². The summed E-state index contributed by atoms with van der Waals surface area (Å²) >= 11 is 0. The number of allylic oxidation sites excluding steroid dienone is 3. The van der Waals surface area contributed by atoms with Crippen LogP contribution < -0.4 is 11.1 Å². The molecule has 0 amide bonds. The Morgan fingerprint density at radius 1 is 1.68 bits per heavy atom. The molecule has 0 spiro atoms. The van der Waals surface area contributed by atoms with Crippen LogP contribution >= 0.6 is 0 Å². The zero-order valence-electron chi connectivity index (χ0n) is 13.3. The highest BCUT2D eigenvalue weighted by Gasteiger charge is 2.57. The molecule has 1 fully saturated rings. The molecule has 6 heteroatoms. The Labute approximate surface area is 129 Å². The lowest BCUT2D eigenvalue weighted by atomic mass is 10.2. The number of ether oxygens (including phenoxy) is 1. The molecule has 6 nitrogen and oxygen atoms in total. The fraction of sp³-hybridized carbons (Fsp3) is 0.500. The van der Waals surface area contributed by atoms with Gasteiger partial charge >= 0.3 is 5.76 Å². The van der Waals surface area contributed by atoms with Gasteiger partial charge in [-0.2, -0.15) is 0 Å². The van der Waals surface area contributed by atoms with E-state index in [0.717, 1.165) is 17.6 Å². The van der Waals surface area contributed by atoms with Crippen molar-refractivity contribution in [3.8, 4) is 0 Å². The fourth-order valence-electron chi connectivity index (χ4n) is 2.66. The number of aromatic nitrogens is 2. The summed E-state index contributed by atoms with van der Waals surface area (Å²) in [6, 6.07) is 0. The lowest BCUT2D eigenvalue weighted by Crippen LogP contribution is -2.30. The van der Waals surface area contributed by atoms with Crippen molar-refractivity contribution < 1.29 is 9.26 Å². The predicted octanol–water partition coefficient (Wildman–Crippen LogP) is 1.89. The van der Waals surface area contributed by atoms with E-state index >= 15 is 0 Å². The van der Waals surface area contributed by atoms with Gasteiger partial charge in [-0.3, -0.25) is 9.51 Å². The van der Waals surface area contributed by atoms with Crippen molar-refractivity contribution in [1.29, 1.82) is 0 Å². The van der Waals surface area contributed by atoms with E-state index in [-0.39, 0.29) is 11.5 Å². The Bertz CT molecular complexity index is 641. The van der Waals surface area contributed by atoms with E-state index in [1.165, 1.54) is 0 Å². The summed E-state index contributed by atoms with van der Waals surface area (Å²) in [7, 11) is 1.85. The van der Waals surface area contributed by atoms with Gasteiger partial charge in [-0.25, -0.2) is 4.79 Å². The van der Waals surface area contributed by atoms with E-state index in [1.807, 2.05) is 39.1 Å². The Hall–Kier alpha value is -1.92. The summed E-state index contributed by atoms with van der Waals surface area (Å²) in [6.07, 6.45) is 6.86. The molecule has 1 aliphatic carbocycles. The Morgan fingerprint density at radius 3 is 3.00 bits per heavy atom. The first kappa shape index (κ1) is 16.5. The fourth-order valence-corrected chi connectivity index (χ4v) is 2.66. The highest BCUT2D eigenvalue weighted by Crippen LogP contribution is 2.50. The van der Waals surface area contributed by atoms with Crippen molar-refractivity contribution in [2.75, 3.05) is 20.3 Å². The van der Waals surface area contributed by atoms with E-state index in [9.17, 15) is 4.79 Å². The molecule has 2 rings (SSSR count). The number of rotatable bonds is 8. The summed E-state index contributed by atoms with van der Waals surface area (Å²) in [4.78, 5) is 13.7. The summed E-state index contributed by atoms with van der Waals surface area (Å²) in [6.45, 7) is 8.93. The normalized spacial score (nSPS) is 24.9. The van der Waals surface area contributed by atoms with Crippen molar-refractivity contribution in [2.45, 2.75) is 25.8 Å². The van der Waals surface area contributed by atoms with Crippen LogP contribution in [0.4, 0.5) is 0 Å². The predicted molar refractivity (Wildman–Crippen MR) is 84.5 cm³/mol. The van der Waals surface area contributed by atoms with E-state index < -0.39 is 5.76 Å². The first-order valence-electron chi connectivity index (χ1n) is 7.33. The molecule has 0 aromatic carbocycles. The molecular weight excluding hydrogens is 282 g/mol. The monoisotopic (exact) mass is 305 g/mol. The lowest BCUT2D eigenvalue weighted by molar-refractivity contribution is 0.138. The van der Waals surface area contributed by atoms with Crippen LogP contribution in [0.3, 0.4) is 0 Å². The van der Waals surface area contributed by atoms with Crippen LogP contribution in [-0.2, 0) is 10.3 Å². The number of H-pyrrole nitrogens is 1. The molecule has 1 aromatic heterocycles. The summed E-state index contributed by atoms with van der Waals surface area (Å²) in [5.41, 5.74) is 1.73. The Kier molecular flexibility index (Phi) is 5.15.